The van der Waals surface area contributed by atoms with Crippen molar-refractivity contribution in [3.05, 3.63) is 93.2 Å². The maximum absolute atomic E-state index is 13.7. The van der Waals surface area contributed by atoms with Crippen LogP contribution in [0.1, 0.15) is 37.0 Å². The Labute approximate surface area is 240 Å². The zero-order chi connectivity index (χ0) is 29.5. The Kier molecular flexibility index (Phi) is 7.45. The Morgan fingerprint density at radius 2 is 1.78 bits per heavy atom. The number of thiophene rings is 1. The van der Waals surface area contributed by atoms with E-state index in [1.54, 1.807) is 36.4 Å². The van der Waals surface area contributed by atoms with Crippen LogP contribution in [0, 0.1) is 13.8 Å². The summed E-state index contributed by atoms with van der Waals surface area (Å²) in [6.45, 7) is 3.68. The van der Waals surface area contributed by atoms with E-state index in [0.717, 1.165) is 17.2 Å². The third-order valence-electron chi connectivity index (χ3n) is 6.09. The van der Waals surface area contributed by atoms with Crippen LogP contribution in [0.25, 0.3) is 21.3 Å². The van der Waals surface area contributed by atoms with E-state index in [0.29, 0.717) is 27.7 Å². The minimum atomic E-state index is -4.74. The molecule has 41 heavy (non-hydrogen) atoms. The maximum atomic E-state index is 13.7. The molecule has 0 aliphatic heterocycles. The highest BCUT2D eigenvalue weighted by Crippen LogP contribution is 2.43. The molecule has 0 spiro atoms. The molecule has 5 aromatic rings. The minimum absolute atomic E-state index is 0.0320. The lowest BCUT2D eigenvalue weighted by Gasteiger charge is -2.12. The van der Waals surface area contributed by atoms with Crippen LogP contribution >= 0.6 is 22.9 Å². The number of hydrogen-bond donors (Lipinski definition) is 2. The number of aromatic nitrogens is 3. The molecule has 0 radical (unpaired) electrons. The standard InChI is InChI=1S/C28H21ClF3N5O3S/c1-14-3-6-16(7-4-14)17-12-21(28(30,31)32)34-27-22(17)23(24(41-27)25(33)38)35-26(39)19-9-10-37(36-19)13-40-20-11-15(2)5-8-18(20)29/h3-12H,13H2,1-2H3,(H2,33,38)(H,35,39). The monoisotopic (exact) mass is 599 g/mol. The van der Waals surface area contributed by atoms with Crippen LogP contribution in [0.2, 0.25) is 5.02 Å². The van der Waals surface area contributed by atoms with Crippen LogP contribution in [-0.2, 0) is 12.9 Å². The summed E-state index contributed by atoms with van der Waals surface area (Å²) < 4.78 is 48.3. The number of amides is 2. The fourth-order valence-electron chi connectivity index (χ4n) is 4.09. The molecule has 8 nitrogen and oxygen atoms in total. The van der Waals surface area contributed by atoms with Crippen LogP contribution in [0.15, 0.2) is 60.8 Å². The number of ether oxygens (including phenoxy) is 1. The van der Waals surface area contributed by atoms with Gasteiger partial charge in [-0.2, -0.15) is 18.3 Å². The maximum Gasteiger partial charge on any atom is 0.433 e. The summed E-state index contributed by atoms with van der Waals surface area (Å²) in [4.78, 5) is 29.1. The van der Waals surface area contributed by atoms with Gasteiger partial charge in [0.25, 0.3) is 11.8 Å². The molecule has 0 aliphatic carbocycles. The summed E-state index contributed by atoms with van der Waals surface area (Å²) in [7, 11) is 0. The number of anilines is 1. The second-order valence-corrected chi connectivity index (χ2v) is 10.6. The Bertz CT molecular complexity index is 1800. The first-order valence-corrected chi connectivity index (χ1v) is 13.3. The summed E-state index contributed by atoms with van der Waals surface area (Å²) in [5, 5.41) is 7.41. The molecule has 0 fully saturated rings. The third-order valence-corrected chi connectivity index (χ3v) is 7.50. The molecule has 0 aliphatic rings. The van der Waals surface area contributed by atoms with E-state index in [-0.39, 0.29) is 38.8 Å². The molecule has 0 saturated heterocycles. The van der Waals surface area contributed by atoms with E-state index >= 15 is 0 Å². The Morgan fingerprint density at radius 1 is 1.07 bits per heavy atom. The molecule has 0 unspecified atom stereocenters. The topological polar surface area (TPSA) is 112 Å². The van der Waals surface area contributed by atoms with Gasteiger partial charge >= 0.3 is 6.18 Å². The lowest BCUT2D eigenvalue weighted by Crippen LogP contribution is -2.18. The van der Waals surface area contributed by atoms with Crippen LogP contribution < -0.4 is 15.8 Å². The molecule has 0 saturated carbocycles. The number of halogens is 4. The molecule has 0 atom stereocenters. The van der Waals surface area contributed by atoms with E-state index in [9.17, 15) is 22.8 Å². The molecule has 5 rings (SSSR count). The number of fused-ring (bicyclic) bond motifs is 1. The van der Waals surface area contributed by atoms with Gasteiger partial charge in [-0.15, -0.1) is 11.3 Å². The van der Waals surface area contributed by atoms with Crippen LogP contribution in [0.5, 0.6) is 5.75 Å². The first-order chi connectivity index (χ1) is 19.4. The number of carbonyl (C=O) groups is 2. The quantitative estimate of drug-likeness (QED) is 0.213. The summed E-state index contributed by atoms with van der Waals surface area (Å²) in [6, 6.07) is 14.4. The normalized spacial score (nSPS) is 11.6. The highest BCUT2D eigenvalue weighted by molar-refractivity contribution is 7.21. The largest absolute Gasteiger partial charge is 0.470 e. The third kappa shape index (κ3) is 5.88. The van der Waals surface area contributed by atoms with Crippen molar-refractivity contribution in [2.75, 3.05) is 5.32 Å². The van der Waals surface area contributed by atoms with E-state index in [2.05, 4.69) is 15.4 Å². The number of rotatable bonds is 7. The average molecular weight is 600 g/mol. The van der Waals surface area contributed by atoms with E-state index < -0.39 is 23.7 Å². The lowest BCUT2D eigenvalue weighted by atomic mass is 10.00. The SMILES string of the molecule is Cc1ccc(-c2cc(C(F)(F)F)nc3sc(C(N)=O)c(NC(=O)c4ccn(COc5cc(C)ccc5Cl)n4)c23)cc1. The predicted octanol–water partition coefficient (Wildman–Crippen LogP) is 6.84. The zero-order valence-electron chi connectivity index (χ0n) is 21.5. The van der Waals surface area contributed by atoms with Crippen molar-refractivity contribution in [3.8, 4) is 16.9 Å². The van der Waals surface area contributed by atoms with Gasteiger partial charge in [-0.05, 0) is 54.8 Å². The molecule has 13 heteroatoms. The van der Waals surface area contributed by atoms with Gasteiger partial charge in [-0.3, -0.25) is 9.59 Å². The number of primary amides is 1. The number of carbonyl (C=O) groups excluding carboxylic acids is 2. The molecule has 210 valence electrons. The summed E-state index contributed by atoms with van der Waals surface area (Å²) in [6.07, 6.45) is -3.24. The van der Waals surface area contributed by atoms with Crippen molar-refractivity contribution in [3.63, 3.8) is 0 Å². The number of nitrogens with one attached hydrogen (secondary N) is 1. The molecular formula is C28H21ClF3N5O3S. The first kappa shape index (κ1) is 28.1. The molecule has 3 aromatic heterocycles. The van der Waals surface area contributed by atoms with Gasteiger partial charge in [0.2, 0.25) is 0 Å². The number of nitrogens with zero attached hydrogens (tertiary/aromatic N) is 3. The van der Waals surface area contributed by atoms with Crippen LogP contribution in [0.4, 0.5) is 18.9 Å². The number of pyridine rings is 1. The van der Waals surface area contributed by atoms with E-state index in [1.807, 2.05) is 19.9 Å². The van der Waals surface area contributed by atoms with Crippen molar-refractivity contribution in [1.29, 1.82) is 0 Å². The van der Waals surface area contributed by atoms with Gasteiger partial charge in [-0.1, -0.05) is 47.5 Å². The Hall–Kier alpha value is -4.42. The van der Waals surface area contributed by atoms with Crippen LogP contribution in [0.3, 0.4) is 0 Å². The average Bonchev–Trinajstić information content (AvgIpc) is 3.54. The molecule has 2 aromatic carbocycles. The highest BCUT2D eigenvalue weighted by Gasteiger charge is 2.35. The van der Waals surface area contributed by atoms with Crippen molar-refractivity contribution >= 4 is 50.7 Å². The highest BCUT2D eigenvalue weighted by atomic mass is 35.5. The van der Waals surface area contributed by atoms with Crippen molar-refractivity contribution < 1.29 is 27.5 Å². The van der Waals surface area contributed by atoms with Crippen LogP contribution in [-0.4, -0.2) is 26.6 Å². The molecule has 3 heterocycles. The van der Waals surface area contributed by atoms with Gasteiger partial charge < -0.3 is 15.8 Å². The second kappa shape index (κ2) is 10.9. The lowest BCUT2D eigenvalue weighted by molar-refractivity contribution is -0.140. The second-order valence-electron chi connectivity index (χ2n) is 9.17. The number of benzene rings is 2. The Morgan fingerprint density at radius 3 is 2.46 bits per heavy atom. The van der Waals surface area contributed by atoms with Gasteiger partial charge in [0.15, 0.2) is 12.4 Å². The van der Waals surface area contributed by atoms with Gasteiger partial charge in [0.05, 0.1) is 10.7 Å². The van der Waals surface area contributed by atoms with Gasteiger partial charge in [0.1, 0.15) is 21.2 Å². The predicted molar refractivity (Wildman–Crippen MR) is 150 cm³/mol. The van der Waals surface area contributed by atoms with Gasteiger partial charge in [-0.25, -0.2) is 9.67 Å². The molecule has 3 N–H and O–H groups in total. The van der Waals surface area contributed by atoms with Gasteiger partial charge in [0, 0.05) is 11.6 Å². The van der Waals surface area contributed by atoms with Crippen molar-refractivity contribution in [2.45, 2.75) is 26.8 Å². The van der Waals surface area contributed by atoms with Crippen molar-refractivity contribution in [1.82, 2.24) is 14.8 Å². The van der Waals surface area contributed by atoms with E-state index in [1.165, 1.54) is 16.9 Å². The number of hydrogen-bond acceptors (Lipinski definition) is 6. The summed E-state index contributed by atoms with van der Waals surface area (Å²) >= 11 is 6.83. The smallest absolute Gasteiger partial charge is 0.433 e. The Balaban J connectivity index is 1.51. The number of alkyl halides is 3. The minimum Gasteiger partial charge on any atom is -0.470 e. The number of nitrogens with two attached hydrogens (primary N) is 1. The first-order valence-electron chi connectivity index (χ1n) is 12.1. The van der Waals surface area contributed by atoms with Crippen molar-refractivity contribution in [2.24, 2.45) is 5.73 Å². The van der Waals surface area contributed by atoms with E-state index in [4.69, 9.17) is 22.1 Å². The molecular weight excluding hydrogens is 579 g/mol. The molecule has 2 amide bonds. The number of aryl methyl sites for hydroxylation is 2. The molecule has 0 bridgehead atoms. The fraction of sp³-hybridized carbons (Fsp3) is 0.143. The summed E-state index contributed by atoms with van der Waals surface area (Å²) in [5.74, 6) is -1.20. The zero-order valence-corrected chi connectivity index (χ0v) is 23.1. The summed E-state index contributed by atoms with van der Waals surface area (Å²) in [5.41, 5.74) is 6.77. The fourth-order valence-corrected chi connectivity index (χ4v) is 5.27.